The number of hydrogen-bond donors (Lipinski definition) is 2. The van der Waals surface area contributed by atoms with Crippen LogP contribution in [-0.2, 0) is 30.3 Å². The first-order chi connectivity index (χ1) is 13.3. The summed E-state index contributed by atoms with van der Waals surface area (Å²) in [6.07, 6.45) is 1.97. The van der Waals surface area contributed by atoms with Gasteiger partial charge in [-0.3, -0.25) is 14.4 Å². The molecule has 1 saturated carbocycles. The zero-order valence-corrected chi connectivity index (χ0v) is 16.0. The molecule has 1 aromatic carbocycles. The van der Waals surface area contributed by atoms with E-state index in [0.717, 1.165) is 0 Å². The lowest BCUT2D eigenvalue weighted by Gasteiger charge is -2.29. The predicted octanol–water partition coefficient (Wildman–Crippen LogP) is 1.29. The summed E-state index contributed by atoms with van der Waals surface area (Å²) in [6.45, 7) is 1.27. The molecule has 0 bridgehead atoms. The third kappa shape index (κ3) is 6.14. The molecule has 0 spiro atoms. The summed E-state index contributed by atoms with van der Waals surface area (Å²) in [4.78, 5) is 48.3. The molecule has 0 heterocycles. The fraction of sp³-hybridized carbons (Fsp3) is 0.500. The monoisotopic (exact) mass is 392 g/mol. The molecule has 0 unspecified atom stereocenters. The minimum Gasteiger partial charge on any atom is -0.467 e. The summed E-state index contributed by atoms with van der Waals surface area (Å²) in [6, 6.07) is 3.74. The fourth-order valence-electron chi connectivity index (χ4n) is 3.45. The molecule has 0 aromatic heterocycles. The van der Waals surface area contributed by atoms with Crippen LogP contribution in [0.2, 0.25) is 0 Å². The van der Waals surface area contributed by atoms with Gasteiger partial charge in [-0.2, -0.15) is 0 Å². The van der Waals surface area contributed by atoms with Gasteiger partial charge in [0.05, 0.1) is 7.11 Å². The Balaban J connectivity index is 2.16. The normalized spacial score (nSPS) is 18.7. The first-order valence-corrected chi connectivity index (χ1v) is 9.21. The number of methoxy groups -OCH3 is 1. The van der Waals surface area contributed by atoms with Gasteiger partial charge in [0.2, 0.25) is 11.8 Å². The van der Waals surface area contributed by atoms with E-state index in [1.54, 1.807) is 6.07 Å². The Bertz CT molecular complexity index is 752. The molecule has 0 radical (unpaired) electrons. The van der Waals surface area contributed by atoms with Crippen molar-refractivity contribution in [1.82, 2.24) is 10.6 Å². The zero-order chi connectivity index (χ0) is 20.7. The van der Waals surface area contributed by atoms with Crippen LogP contribution in [0.15, 0.2) is 24.3 Å². The molecule has 152 valence electrons. The van der Waals surface area contributed by atoms with Gasteiger partial charge in [-0.15, -0.1) is 0 Å². The standard InChI is InChI=1S/C20H25FN2O5/c1-12(24)22-17(10-13-5-3-7-15(21)9-13)19(26)23-18(20(27)28-2)14-6-4-8-16(25)11-14/h3,5,7,9,14,17-18H,4,6,8,10-11H2,1-2H3,(H,22,24)(H,23,26)/t14-,17-,18-/m0/s1. The maximum atomic E-state index is 13.4. The average Bonchev–Trinajstić information content (AvgIpc) is 2.64. The van der Waals surface area contributed by atoms with Gasteiger partial charge in [0.1, 0.15) is 23.7 Å². The summed E-state index contributed by atoms with van der Waals surface area (Å²) in [7, 11) is 1.21. The second-order valence-electron chi connectivity index (χ2n) is 6.99. The van der Waals surface area contributed by atoms with Gasteiger partial charge >= 0.3 is 5.97 Å². The van der Waals surface area contributed by atoms with Crippen molar-refractivity contribution in [3.05, 3.63) is 35.6 Å². The molecule has 0 aliphatic heterocycles. The second-order valence-corrected chi connectivity index (χ2v) is 6.99. The number of hydrogen-bond acceptors (Lipinski definition) is 5. The van der Waals surface area contributed by atoms with Gasteiger partial charge in [-0.1, -0.05) is 12.1 Å². The molecule has 28 heavy (non-hydrogen) atoms. The van der Waals surface area contributed by atoms with Crippen molar-refractivity contribution in [2.45, 2.75) is 51.1 Å². The molecule has 0 saturated heterocycles. The Labute approximate surface area is 163 Å². The number of amides is 2. The third-order valence-corrected chi connectivity index (χ3v) is 4.77. The van der Waals surface area contributed by atoms with E-state index < -0.39 is 35.7 Å². The largest absolute Gasteiger partial charge is 0.467 e. The molecule has 3 atom stereocenters. The number of benzene rings is 1. The van der Waals surface area contributed by atoms with Crippen LogP contribution in [0.5, 0.6) is 0 Å². The summed E-state index contributed by atoms with van der Waals surface area (Å²) in [5, 5.41) is 5.15. The van der Waals surface area contributed by atoms with Crippen molar-refractivity contribution >= 4 is 23.6 Å². The molecule has 1 aromatic rings. The molecular formula is C20H25FN2O5. The molecular weight excluding hydrogens is 367 g/mol. The number of ether oxygens (including phenoxy) is 1. The Morgan fingerprint density at radius 2 is 2.04 bits per heavy atom. The Kier molecular flexibility index (Phi) is 7.66. The maximum Gasteiger partial charge on any atom is 0.328 e. The summed E-state index contributed by atoms with van der Waals surface area (Å²) < 4.78 is 18.2. The highest BCUT2D eigenvalue weighted by atomic mass is 19.1. The van der Waals surface area contributed by atoms with Gasteiger partial charge in [-0.25, -0.2) is 9.18 Å². The highest BCUT2D eigenvalue weighted by Crippen LogP contribution is 2.25. The fourth-order valence-corrected chi connectivity index (χ4v) is 3.45. The number of ketones is 1. The molecule has 2 rings (SSSR count). The van der Waals surface area contributed by atoms with Crippen molar-refractivity contribution in [2.24, 2.45) is 5.92 Å². The zero-order valence-electron chi connectivity index (χ0n) is 16.0. The highest BCUT2D eigenvalue weighted by molar-refractivity contribution is 5.91. The summed E-state index contributed by atoms with van der Waals surface area (Å²) in [5.74, 6) is -2.43. The molecule has 1 aliphatic rings. The van der Waals surface area contributed by atoms with E-state index >= 15 is 0 Å². The predicted molar refractivity (Wildman–Crippen MR) is 98.6 cm³/mol. The van der Waals surface area contributed by atoms with Gasteiger partial charge in [-0.05, 0) is 36.5 Å². The first-order valence-electron chi connectivity index (χ1n) is 9.21. The lowest BCUT2D eigenvalue weighted by atomic mass is 9.83. The van der Waals surface area contributed by atoms with E-state index in [0.29, 0.717) is 24.8 Å². The topological polar surface area (TPSA) is 102 Å². The van der Waals surface area contributed by atoms with E-state index in [1.165, 1.54) is 32.2 Å². The first kappa shape index (κ1) is 21.5. The number of rotatable bonds is 7. The van der Waals surface area contributed by atoms with Crippen LogP contribution >= 0.6 is 0 Å². The minimum absolute atomic E-state index is 0.0394. The summed E-state index contributed by atoms with van der Waals surface area (Å²) >= 11 is 0. The van der Waals surface area contributed by atoms with Crippen LogP contribution in [0.4, 0.5) is 4.39 Å². The number of esters is 1. The minimum atomic E-state index is -0.995. The highest BCUT2D eigenvalue weighted by Gasteiger charge is 2.35. The van der Waals surface area contributed by atoms with Crippen LogP contribution in [0.25, 0.3) is 0 Å². The van der Waals surface area contributed by atoms with Crippen molar-refractivity contribution in [2.75, 3.05) is 7.11 Å². The molecule has 1 fully saturated rings. The van der Waals surface area contributed by atoms with E-state index in [4.69, 9.17) is 4.74 Å². The molecule has 1 aliphatic carbocycles. The van der Waals surface area contributed by atoms with Crippen LogP contribution < -0.4 is 10.6 Å². The Morgan fingerprint density at radius 3 is 2.64 bits per heavy atom. The number of carbonyl (C=O) groups is 4. The van der Waals surface area contributed by atoms with E-state index in [9.17, 15) is 23.6 Å². The lowest BCUT2D eigenvalue weighted by molar-refractivity contribution is -0.147. The van der Waals surface area contributed by atoms with E-state index in [-0.39, 0.29) is 24.5 Å². The SMILES string of the molecule is COC(=O)[C@@H](NC(=O)[C@H](Cc1cccc(F)c1)NC(C)=O)[C@H]1CCCC(=O)C1. The molecule has 2 N–H and O–H groups in total. The van der Waals surface area contributed by atoms with Crippen LogP contribution in [0.3, 0.4) is 0 Å². The van der Waals surface area contributed by atoms with Crippen LogP contribution in [0, 0.1) is 11.7 Å². The van der Waals surface area contributed by atoms with E-state index in [2.05, 4.69) is 10.6 Å². The quantitative estimate of drug-likeness (QED) is 0.681. The van der Waals surface area contributed by atoms with Crippen LogP contribution in [-0.4, -0.2) is 42.8 Å². The van der Waals surface area contributed by atoms with Gasteiger partial charge < -0.3 is 15.4 Å². The van der Waals surface area contributed by atoms with Crippen molar-refractivity contribution in [3.8, 4) is 0 Å². The van der Waals surface area contributed by atoms with E-state index in [1.807, 2.05) is 0 Å². The van der Waals surface area contributed by atoms with Crippen molar-refractivity contribution in [1.29, 1.82) is 0 Å². The molecule has 7 nitrogen and oxygen atoms in total. The Hall–Kier alpha value is -2.77. The number of halogens is 1. The Morgan fingerprint density at radius 1 is 1.29 bits per heavy atom. The van der Waals surface area contributed by atoms with Crippen LogP contribution in [0.1, 0.15) is 38.2 Å². The van der Waals surface area contributed by atoms with Gasteiger partial charge in [0.15, 0.2) is 0 Å². The number of Topliss-reactive ketones (excluding diaryl/α,β-unsaturated/α-hetero) is 1. The average molecular weight is 392 g/mol. The second kappa shape index (κ2) is 9.96. The molecule has 8 heteroatoms. The maximum absolute atomic E-state index is 13.4. The lowest BCUT2D eigenvalue weighted by Crippen LogP contribution is -2.55. The molecule has 2 amide bonds. The van der Waals surface area contributed by atoms with Crippen molar-refractivity contribution in [3.63, 3.8) is 0 Å². The smallest absolute Gasteiger partial charge is 0.328 e. The van der Waals surface area contributed by atoms with Gasteiger partial charge in [0.25, 0.3) is 0 Å². The third-order valence-electron chi connectivity index (χ3n) is 4.77. The summed E-state index contributed by atoms with van der Waals surface area (Å²) in [5.41, 5.74) is 0.524. The van der Waals surface area contributed by atoms with Crippen molar-refractivity contribution < 1.29 is 28.3 Å². The van der Waals surface area contributed by atoms with Gasteiger partial charge in [0, 0.05) is 26.2 Å². The number of carbonyl (C=O) groups excluding carboxylic acids is 4. The number of nitrogens with one attached hydrogen (secondary N) is 2.